The van der Waals surface area contributed by atoms with Crippen molar-refractivity contribution >= 4 is 11.5 Å². The van der Waals surface area contributed by atoms with Gasteiger partial charge in [-0.3, -0.25) is 4.79 Å². The minimum Gasteiger partial charge on any atom is -0.497 e. The summed E-state index contributed by atoms with van der Waals surface area (Å²) >= 11 is 0. The van der Waals surface area contributed by atoms with E-state index < -0.39 is 5.60 Å². The average Bonchev–Trinajstić information content (AvgIpc) is 2.94. The standard InChI is InChI=1S/C18H21NO3/c1-12-4-7-14(10-17(12)20)18(2)11-16(19-22-18)13-5-8-15(21-3)9-6-13/h4-6,8-9,14H,7,10-11H2,1-3H3/t14-,18-/m1/s1. The highest BCUT2D eigenvalue weighted by molar-refractivity contribution is 6.02. The van der Waals surface area contributed by atoms with E-state index in [-0.39, 0.29) is 11.7 Å². The van der Waals surface area contributed by atoms with Crippen LogP contribution in [0.5, 0.6) is 5.75 Å². The first-order chi connectivity index (χ1) is 10.5. The lowest BCUT2D eigenvalue weighted by molar-refractivity contribution is -0.121. The normalized spacial score (nSPS) is 28.0. The van der Waals surface area contributed by atoms with E-state index in [1.54, 1.807) is 7.11 Å². The van der Waals surface area contributed by atoms with E-state index in [1.165, 1.54) is 0 Å². The van der Waals surface area contributed by atoms with Crippen LogP contribution in [0, 0.1) is 5.92 Å². The minimum absolute atomic E-state index is 0.184. The van der Waals surface area contributed by atoms with Gasteiger partial charge in [-0.05, 0) is 55.7 Å². The fraction of sp³-hybridized carbons (Fsp3) is 0.444. The van der Waals surface area contributed by atoms with Crippen molar-refractivity contribution in [2.45, 2.75) is 38.7 Å². The maximum Gasteiger partial charge on any atom is 0.158 e. The number of rotatable bonds is 3. The number of allylic oxidation sites excluding steroid dienone is 2. The van der Waals surface area contributed by atoms with Crippen LogP contribution in [0.15, 0.2) is 41.1 Å². The van der Waals surface area contributed by atoms with Crippen LogP contribution < -0.4 is 4.74 Å². The molecule has 1 heterocycles. The number of benzene rings is 1. The van der Waals surface area contributed by atoms with Crippen molar-refractivity contribution in [1.82, 2.24) is 0 Å². The Morgan fingerprint density at radius 3 is 2.68 bits per heavy atom. The predicted octanol–water partition coefficient (Wildman–Crippen LogP) is 3.50. The largest absolute Gasteiger partial charge is 0.497 e. The first kappa shape index (κ1) is 14.8. The lowest BCUT2D eigenvalue weighted by atomic mass is 9.75. The van der Waals surface area contributed by atoms with Crippen molar-refractivity contribution in [2.75, 3.05) is 7.11 Å². The van der Waals surface area contributed by atoms with Crippen molar-refractivity contribution in [3.63, 3.8) is 0 Å². The number of ether oxygens (including phenoxy) is 1. The van der Waals surface area contributed by atoms with E-state index in [0.717, 1.165) is 35.4 Å². The molecule has 1 aliphatic carbocycles. The minimum atomic E-state index is -0.401. The monoisotopic (exact) mass is 299 g/mol. The van der Waals surface area contributed by atoms with Crippen LogP contribution in [-0.4, -0.2) is 24.2 Å². The fourth-order valence-electron chi connectivity index (χ4n) is 3.08. The summed E-state index contributed by atoms with van der Waals surface area (Å²) in [6.45, 7) is 3.94. The Hall–Kier alpha value is -2.10. The molecule has 3 rings (SSSR count). The third kappa shape index (κ3) is 2.65. The van der Waals surface area contributed by atoms with Crippen LogP contribution in [0.3, 0.4) is 0 Å². The summed E-state index contributed by atoms with van der Waals surface area (Å²) in [5.41, 5.74) is 2.44. The molecule has 0 fully saturated rings. The maximum atomic E-state index is 12.0. The van der Waals surface area contributed by atoms with Crippen LogP contribution in [-0.2, 0) is 9.63 Å². The Morgan fingerprint density at radius 2 is 2.05 bits per heavy atom. The van der Waals surface area contributed by atoms with E-state index in [4.69, 9.17) is 9.57 Å². The second-order valence-electron chi connectivity index (χ2n) is 6.29. The van der Waals surface area contributed by atoms with Gasteiger partial charge in [0.2, 0.25) is 0 Å². The summed E-state index contributed by atoms with van der Waals surface area (Å²) in [4.78, 5) is 17.7. The van der Waals surface area contributed by atoms with Gasteiger partial charge in [-0.25, -0.2) is 0 Å². The van der Waals surface area contributed by atoms with Crippen LogP contribution in [0.4, 0.5) is 0 Å². The van der Waals surface area contributed by atoms with Gasteiger partial charge in [-0.2, -0.15) is 0 Å². The van der Waals surface area contributed by atoms with E-state index in [2.05, 4.69) is 12.1 Å². The zero-order chi connectivity index (χ0) is 15.7. The summed E-state index contributed by atoms with van der Waals surface area (Å²) in [5, 5.41) is 4.28. The summed E-state index contributed by atoms with van der Waals surface area (Å²) < 4.78 is 5.17. The van der Waals surface area contributed by atoms with E-state index in [0.29, 0.717) is 6.42 Å². The highest BCUT2D eigenvalue weighted by Gasteiger charge is 2.43. The Kier molecular flexibility index (Phi) is 3.77. The van der Waals surface area contributed by atoms with Crippen molar-refractivity contribution in [2.24, 2.45) is 11.1 Å². The van der Waals surface area contributed by atoms with Crippen molar-refractivity contribution < 1.29 is 14.4 Å². The predicted molar refractivity (Wildman–Crippen MR) is 85.1 cm³/mol. The third-order valence-corrected chi connectivity index (χ3v) is 4.75. The van der Waals surface area contributed by atoms with Gasteiger partial charge in [-0.15, -0.1) is 0 Å². The molecule has 4 nitrogen and oxygen atoms in total. The SMILES string of the molecule is COc1ccc(C2=NO[C@@](C)([C@@H]3CC=C(C)C(=O)C3)C2)cc1. The molecule has 116 valence electrons. The summed E-state index contributed by atoms with van der Waals surface area (Å²) in [6, 6.07) is 7.82. The Balaban J connectivity index is 1.73. The second kappa shape index (κ2) is 5.59. The van der Waals surface area contributed by atoms with Crippen molar-refractivity contribution in [3.8, 4) is 5.75 Å². The Labute approximate surface area is 130 Å². The smallest absolute Gasteiger partial charge is 0.158 e. The van der Waals surface area contributed by atoms with Gasteiger partial charge in [0.15, 0.2) is 5.78 Å². The van der Waals surface area contributed by atoms with Gasteiger partial charge in [0.1, 0.15) is 11.4 Å². The fourth-order valence-corrected chi connectivity index (χ4v) is 3.08. The lowest BCUT2D eigenvalue weighted by Gasteiger charge is -2.32. The Bertz CT molecular complexity index is 645. The van der Waals surface area contributed by atoms with Crippen LogP contribution in [0.25, 0.3) is 0 Å². The van der Waals surface area contributed by atoms with Crippen LogP contribution >= 0.6 is 0 Å². The first-order valence-corrected chi connectivity index (χ1v) is 7.61. The highest BCUT2D eigenvalue weighted by atomic mass is 16.7. The van der Waals surface area contributed by atoms with Gasteiger partial charge >= 0.3 is 0 Å². The molecule has 2 aliphatic rings. The molecule has 0 saturated carbocycles. The number of hydrogen-bond acceptors (Lipinski definition) is 4. The van der Waals surface area contributed by atoms with Crippen LogP contribution in [0.2, 0.25) is 0 Å². The zero-order valence-corrected chi connectivity index (χ0v) is 13.3. The summed E-state index contributed by atoms with van der Waals surface area (Å²) in [7, 11) is 1.65. The van der Waals surface area contributed by atoms with E-state index >= 15 is 0 Å². The molecule has 4 heteroatoms. The summed E-state index contributed by atoms with van der Waals surface area (Å²) in [6.07, 6.45) is 4.17. The quantitative estimate of drug-likeness (QED) is 0.858. The summed E-state index contributed by atoms with van der Waals surface area (Å²) in [5.74, 6) is 1.23. The van der Waals surface area contributed by atoms with E-state index in [1.807, 2.05) is 37.3 Å². The van der Waals surface area contributed by atoms with Crippen LogP contribution in [0.1, 0.15) is 38.7 Å². The number of oxime groups is 1. The first-order valence-electron chi connectivity index (χ1n) is 7.61. The number of carbonyl (C=O) groups excluding carboxylic acids is 1. The third-order valence-electron chi connectivity index (χ3n) is 4.75. The molecule has 0 spiro atoms. The number of carbonyl (C=O) groups is 1. The molecule has 0 unspecified atom stereocenters. The molecule has 0 saturated heterocycles. The van der Waals surface area contributed by atoms with Gasteiger partial charge < -0.3 is 9.57 Å². The van der Waals surface area contributed by atoms with Gasteiger partial charge in [0.05, 0.1) is 12.8 Å². The van der Waals surface area contributed by atoms with Gasteiger partial charge in [0.25, 0.3) is 0 Å². The molecule has 0 amide bonds. The van der Waals surface area contributed by atoms with Crippen molar-refractivity contribution in [3.05, 3.63) is 41.5 Å². The molecule has 1 aliphatic heterocycles. The topological polar surface area (TPSA) is 47.9 Å². The molecule has 0 N–H and O–H groups in total. The second-order valence-corrected chi connectivity index (χ2v) is 6.29. The molecule has 2 atom stereocenters. The Morgan fingerprint density at radius 1 is 1.32 bits per heavy atom. The van der Waals surface area contributed by atoms with Gasteiger partial charge in [-0.1, -0.05) is 11.2 Å². The molecule has 22 heavy (non-hydrogen) atoms. The lowest BCUT2D eigenvalue weighted by Crippen LogP contribution is -2.37. The molecular formula is C18H21NO3. The molecule has 1 aromatic carbocycles. The number of Topliss-reactive ketones (excluding diaryl/α,β-unsaturated/α-hetero) is 1. The highest BCUT2D eigenvalue weighted by Crippen LogP contribution is 2.39. The molecule has 0 bridgehead atoms. The van der Waals surface area contributed by atoms with Crippen molar-refractivity contribution in [1.29, 1.82) is 0 Å². The number of ketones is 1. The number of nitrogens with zero attached hydrogens (tertiary/aromatic N) is 1. The maximum absolute atomic E-state index is 12.0. The molecule has 0 aromatic heterocycles. The number of methoxy groups -OCH3 is 1. The zero-order valence-electron chi connectivity index (χ0n) is 13.3. The molecule has 0 radical (unpaired) electrons. The molecule has 1 aromatic rings. The average molecular weight is 299 g/mol. The number of hydrogen-bond donors (Lipinski definition) is 0. The molecular weight excluding hydrogens is 278 g/mol. The van der Waals surface area contributed by atoms with Gasteiger partial charge in [0, 0.05) is 18.8 Å². The van der Waals surface area contributed by atoms with E-state index in [9.17, 15) is 4.79 Å².